The minimum absolute atomic E-state index is 0.120. The predicted octanol–water partition coefficient (Wildman–Crippen LogP) is 2.09. The van der Waals surface area contributed by atoms with Gasteiger partial charge in [0, 0.05) is 37.7 Å². The summed E-state index contributed by atoms with van der Waals surface area (Å²) in [4.78, 5) is 28.4. The lowest BCUT2D eigenvalue weighted by molar-refractivity contribution is -0.135. The highest BCUT2D eigenvalue weighted by molar-refractivity contribution is 5.93. The number of carbonyl (C=O) groups is 2. The largest absolute Gasteiger partial charge is 0.339 e. The minimum Gasteiger partial charge on any atom is -0.339 e. The number of piperidine rings is 1. The molecule has 6 nitrogen and oxygen atoms in total. The molecule has 2 N–H and O–H groups in total. The van der Waals surface area contributed by atoms with Gasteiger partial charge in [0.1, 0.15) is 5.82 Å². The molecule has 3 aliphatic rings. The number of fused-ring (bicyclic) bond motifs is 3. The average Bonchev–Trinajstić information content (AvgIpc) is 3.18. The molecule has 1 aliphatic carbocycles. The van der Waals surface area contributed by atoms with Crippen molar-refractivity contribution in [2.45, 2.75) is 57.2 Å². The Morgan fingerprint density at radius 1 is 1.44 bits per heavy atom. The molecule has 2 aliphatic heterocycles. The van der Waals surface area contributed by atoms with Crippen LogP contribution < -0.4 is 5.48 Å². The average molecular weight is 375 g/mol. The first-order chi connectivity index (χ1) is 12.9. The van der Waals surface area contributed by atoms with E-state index in [9.17, 15) is 14.0 Å². The number of rotatable bonds is 4. The zero-order valence-electron chi connectivity index (χ0n) is 15.8. The van der Waals surface area contributed by atoms with Gasteiger partial charge in [0.2, 0.25) is 5.91 Å². The van der Waals surface area contributed by atoms with Gasteiger partial charge in [0.15, 0.2) is 0 Å². The minimum atomic E-state index is -0.709. The molecule has 1 aromatic rings. The first kappa shape index (κ1) is 18.4. The number of likely N-dealkylation sites (N-methyl/N-ethyl adjacent to an activating group) is 1. The standard InChI is InChI=1S/C20H26FN3O3/c1-3-15-8-16-14(6-13(7-17(16)21)18(25)22-27)10-24(15)11-20-5-4-12(9-20)19(26)23(20)2/h6-7,12,15,27H,3-5,8-11H2,1-2H3,(H,22,25)/t12?,15-,20?/m1/s1. The molecule has 2 amide bonds. The number of halogens is 1. The van der Waals surface area contributed by atoms with Crippen LogP contribution in [0, 0.1) is 11.7 Å². The van der Waals surface area contributed by atoms with E-state index < -0.39 is 11.7 Å². The van der Waals surface area contributed by atoms with Gasteiger partial charge in [-0.3, -0.25) is 19.7 Å². The van der Waals surface area contributed by atoms with Gasteiger partial charge in [-0.15, -0.1) is 0 Å². The van der Waals surface area contributed by atoms with Gasteiger partial charge in [-0.1, -0.05) is 6.92 Å². The summed E-state index contributed by atoms with van der Waals surface area (Å²) in [5.41, 5.74) is 3.02. The zero-order valence-corrected chi connectivity index (χ0v) is 15.8. The number of carbonyl (C=O) groups excluding carboxylic acids is 2. The molecule has 2 bridgehead atoms. The summed E-state index contributed by atoms with van der Waals surface area (Å²) in [5, 5.41) is 8.86. The normalized spacial score (nSPS) is 29.9. The SMILES string of the molecule is CC[C@@H]1Cc2c(F)cc(C(=O)NO)cc2CN1CC12CCC(C1)C(=O)N2C. The van der Waals surface area contributed by atoms with Crippen LogP contribution in [0.3, 0.4) is 0 Å². The van der Waals surface area contributed by atoms with Crippen LogP contribution in [-0.4, -0.2) is 52.0 Å². The second-order valence-corrected chi connectivity index (χ2v) is 8.27. The Kier molecular flexibility index (Phi) is 4.47. The second-order valence-electron chi connectivity index (χ2n) is 8.27. The monoisotopic (exact) mass is 375 g/mol. The van der Waals surface area contributed by atoms with E-state index >= 15 is 0 Å². The van der Waals surface area contributed by atoms with Crippen LogP contribution in [0.1, 0.15) is 54.1 Å². The maximum atomic E-state index is 14.6. The number of likely N-dealkylation sites (tertiary alicyclic amines) is 1. The molecule has 2 heterocycles. The molecule has 1 aromatic carbocycles. The number of hydrogen-bond acceptors (Lipinski definition) is 4. The topological polar surface area (TPSA) is 72.9 Å². The first-order valence-corrected chi connectivity index (χ1v) is 9.66. The Bertz CT molecular complexity index is 799. The van der Waals surface area contributed by atoms with Crippen LogP contribution in [0.5, 0.6) is 0 Å². The van der Waals surface area contributed by atoms with E-state index in [0.29, 0.717) is 18.5 Å². The molecular weight excluding hydrogens is 349 g/mol. The van der Waals surface area contributed by atoms with Gasteiger partial charge in [-0.25, -0.2) is 9.87 Å². The summed E-state index contributed by atoms with van der Waals surface area (Å²) in [6, 6.07) is 3.07. The Hall–Kier alpha value is -1.99. The zero-order chi connectivity index (χ0) is 19.3. The molecule has 4 rings (SSSR count). The maximum absolute atomic E-state index is 14.6. The third kappa shape index (κ3) is 2.84. The van der Waals surface area contributed by atoms with Gasteiger partial charge in [-0.2, -0.15) is 0 Å². The number of hydroxylamine groups is 1. The quantitative estimate of drug-likeness (QED) is 0.624. The van der Waals surface area contributed by atoms with Gasteiger partial charge < -0.3 is 4.90 Å². The lowest BCUT2D eigenvalue weighted by Crippen LogP contribution is -2.55. The molecule has 2 unspecified atom stereocenters. The fourth-order valence-electron chi connectivity index (χ4n) is 5.32. The molecule has 146 valence electrons. The Morgan fingerprint density at radius 2 is 2.22 bits per heavy atom. The van der Waals surface area contributed by atoms with Crippen LogP contribution in [0.2, 0.25) is 0 Å². The Balaban J connectivity index is 1.63. The maximum Gasteiger partial charge on any atom is 0.274 e. The highest BCUT2D eigenvalue weighted by Gasteiger charge is 2.55. The lowest BCUT2D eigenvalue weighted by Gasteiger charge is -2.45. The van der Waals surface area contributed by atoms with E-state index in [2.05, 4.69) is 11.8 Å². The van der Waals surface area contributed by atoms with Crippen molar-refractivity contribution in [3.63, 3.8) is 0 Å². The number of nitrogens with one attached hydrogen (secondary N) is 1. The molecule has 3 atom stereocenters. The third-order valence-corrected chi connectivity index (χ3v) is 6.93. The van der Waals surface area contributed by atoms with Crippen LogP contribution in [0.15, 0.2) is 12.1 Å². The Labute approximate surface area is 158 Å². The third-order valence-electron chi connectivity index (χ3n) is 6.93. The van der Waals surface area contributed by atoms with Crippen molar-refractivity contribution >= 4 is 11.8 Å². The van der Waals surface area contributed by atoms with Gasteiger partial charge in [-0.05, 0) is 55.4 Å². The van der Waals surface area contributed by atoms with Crippen molar-refractivity contribution < 1.29 is 19.2 Å². The molecule has 27 heavy (non-hydrogen) atoms. The fourth-order valence-corrected chi connectivity index (χ4v) is 5.32. The van der Waals surface area contributed by atoms with Crippen molar-refractivity contribution in [3.05, 3.63) is 34.6 Å². The lowest BCUT2D eigenvalue weighted by atomic mass is 9.88. The number of benzene rings is 1. The number of amides is 2. The number of nitrogens with zero attached hydrogens (tertiary/aromatic N) is 2. The first-order valence-electron chi connectivity index (χ1n) is 9.66. The highest BCUT2D eigenvalue weighted by Crippen LogP contribution is 2.47. The summed E-state index contributed by atoms with van der Waals surface area (Å²) >= 11 is 0. The second kappa shape index (κ2) is 6.56. The molecule has 7 heteroatoms. The van der Waals surface area contributed by atoms with E-state index in [4.69, 9.17) is 5.21 Å². The summed E-state index contributed by atoms with van der Waals surface area (Å²) < 4.78 is 14.6. The van der Waals surface area contributed by atoms with Crippen molar-refractivity contribution in [2.75, 3.05) is 13.6 Å². The van der Waals surface area contributed by atoms with E-state index in [-0.39, 0.29) is 29.0 Å². The van der Waals surface area contributed by atoms with Crippen LogP contribution in [-0.2, 0) is 17.8 Å². The van der Waals surface area contributed by atoms with Crippen LogP contribution in [0.25, 0.3) is 0 Å². The smallest absolute Gasteiger partial charge is 0.274 e. The van der Waals surface area contributed by atoms with E-state index in [1.807, 2.05) is 11.9 Å². The van der Waals surface area contributed by atoms with E-state index in [0.717, 1.165) is 37.8 Å². The summed E-state index contributed by atoms with van der Waals surface area (Å²) in [6.07, 6.45) is 4.37. The van der Waals surface area contributed by atoms with Gasteiger partial charge in [0.05, 0.1) is 5.54 Å². The molecule has 2 fully saturated rings. The number of hydrogen-bond donors (Lipinski definition) is 2. The molecule has 1 saturated carbocycles. The highest BCUT2D eigenvalue weighted by atomic mass is 19.1. The molecule has 0 radical (unpaired) electrons. The van der Waals surface area contributed by atoms with Gasteiger partial charge >= 0.3 is 0 Å². The molecule has 0 aromatic heterocycles. The molecule has 0 spiro atoms. The van der Waals surface area contributed by atoms with Crippen molar-refractivity contribution in [1.29, 1.82) is 0 Å². The van der Waals surface area contributed by atoms with Crippen LogP contribution >= 0.6 is 0 Å². The predicted molar refractivity (Wildman–Crippen MR) is 96.7 cm³/mol. The fraction of sp³-hybridized carbons (Fsp3) is 0.600. The Morgan fingerprint density at radius 3 is 2.85 bits per heavy atom. The van der Waals surface area contributed by atoms with Crippen LogP contribution in [0.4, 0.5) is 4.39 Å². The van der Waals surface area contributed by atoms with E-state index in [1.54, 1.807) is 11.5 Å². The summed E-state index contributed by atoms with van der Waals surface area (Å²) in [7, 11) is 1.91. The summed E-state index contributed by atoms with van der Waals surface area (Å²) in [6.45, 7) is 3.43. The van der Waals surface area contributed by atoms with E-state index in [1.165, 1.54) is 6.07 Å². The van der Waals surface area contributed by atoms with Crippen molar-refractivity contribution in [2.24, 2.45) is 5.92 Å². The van der Waals surface area contributed by atoms with Gasteiger partial charge in [0.25, 0.3) is 5.91 Å². The van der Waals surface area contributed by atoms with Crippen molar-refractivity contribution in [1.82, 2.24) is 15.3 Å². The molecular formula is C20H26FN3O3. The molecule has 1 saturated heterocycles. The summed E-state index contributed by atoms with van der Waals surface area (Å²) in [5.74, 6) is -0.695. The van der Waals surface area contributed by atoms with Crippen molar-refractivity contribution in [3.8, 4) is 0 Å².